The fraction of sp³-hybridized carbons (Fsp3) is 0.385. The second kappa shape index (κ2) is 7.09. The molecule has 104 valence electrons. The number of hydrogen-bond acceptors (Lipinski definition) is 2. The number of carboxylic acid groups (broad SMARTS) is 1. The molecule has 1 N–H and O–H groups in total. The van der Waals surface area contributed by atoms with Gasteiger partial charge in [0.1, 0.15) is 0 Å². The Hall–Kier alpha value is -0.820. The fourth-order valence-electron chi connectivity index (χ4n) is 1.58. The van der Waals surface area contributed by atoms with Gasteiger partial charge in [-0.3, -0.25) is 9.59 Å². The molecule has 0 bridgehead atoms. The maximum Gasteiger partial charge on any atom is 0.308 e. The highest BCUT2D eigenvalue weighted by atomic mass is 127. The third kappa shape index (κ3) is 4.35. The summed E-state index contributed by atoms with van der Waals surface area (Å²) in [5, 5.41) is 9.42. The van der Waals surface area contributed by atoms with Crippen molar-refractivity contribution >= 4 is 46.1 Å². The third-order valence-corrected chi connectivity index (χ3v) is 4.32. The van der Waals surface area contributed by atoms with Crippen LogP contribution in [-0.2, 0) is 4.79 Å². The molecule has 1 unspecified atom stereocenters. The van der Waals surface area contributed by atoms with Gasteiger partial charge in [0, 0.05) is 22.2 Å². The first-order valence-corrected chi connectivity index (χ1v) is 7.29. The molecule has 4 nitrogen and oxygen atoms in total. The molecule has 1 aromatic rings. The zero-order chi connectivity index (χ0) is 14.6. The Kier molecular flexibility index (Phi) is 6.06. The summed E-state index contributed by atoms with van der Waals surface area (Å²) < 4.78 is 0.873. The number of carboxylic acids is 1. The maximum atomic E-state index is 12.3. The van der Waals surface area contributed by atoms with Gasteiger partial charge in [-0.1, -0.05) is 18.5 Å². The minimum Gasteiger partial charge on any atom is -0.481 e. The highest BCUT2D eigenvalue weighted by Gasteiger charge is 2.20. The molecule has 0 saturated carbocycles. The summed E-state index contributed by atoms with van der Waals surface area (Å²) in [5.41, 5.74) is 0.477. The highest BCUT2D eigenvalue weighted by Crippen LogP contribution is 2.20. The van der Waals surface area contributed by atoms with E-state index in [1.165, 1.54) is 4.90 Å². The quantitative estimate of drug-likeness (QED) is 0.779. The van der Waals surface area contributed by atoms with E-state index < -0.39 is 11.9 Å². The van der Waals surface area contributed by atoms with Gasteiger partial charge in [-0.15, -0.1) is 0 Å². The molecular formula is C13H15ClINO3. The van der Waals surface area contributed by atoms with Crippen LogP contribution in [0.1, 0.15) is 24.2 Å². The molecule has 19 heavy (non-hydrogen) atoms. The molecule has 6 heteroatoms. The van der Waals surface area contributed by atoms with E-state index in [0.29, 0.717) is 17.1 Å². The maximum absolute atomic E-state index is 12.3. The molecular weight excluding hydrogens is 381 g/mol. The SMILES string of the molecule is CCN(CC(C)C(=O)O)C(=O)c1ccc(I)c(Cl)c1. The van der Waals surface area contributed by atoms with E-state index in [4.69, 9.17) is 16.7 Å². The summed E-state index contributed by atoms with van der Waals surface area (Å²) in [5.74, 6) is -1.70. The Bertz CT molecular complexity index is 493. The molecule has 1 amide bonds. The van der Waals surface area contributed by atoms with Crippen LogP contribution in [0.15, 0.2) is 18.2 Å². The number of aliphatic carboxylic acids is 1. The first kappa shape index (κ1) is 16.2. The molecule has 1 rings (SSSR count). The van der Waals surface area contributed by atoms with Gasteiger partial charge >= 0.3 is 5.97 Å². The molecule has 0 saturated heterocycles. The van der Waals surface area contributed by atoms with Crippen molar-refractivity contribution in [1.82, 2.24) is 4.90 Å². The van der Waals surface area contributed by atoms with Crippen LogP contribution in [0, 0.1) is 9.49 Å². The van der Waals surface area contributed by atoms with Crippen LogP contribution >= 0.6 is 34.2 Å². The zero-order valence-electron chi connectivity index (χ0n) is 10.7. The van der Waals surface area contributed by atoms with Crippen LogP contribution in [-0.4, -0.2) is 35.0 Å². The van der Waals surface area contributed by atoms with E-state index in [1.54, 1.807) is 25.1 Å². The molecule has 0 fully saturated rings. The molecule has 0 aromatic heterocycles. The summed E-state index contributed by atoms with van der Waals surface area (Å²) in [4.78, 5) is 24.6. The van der Waals surface area contributed by atoms with Gasteiger partial charge in [0.15, 0.2) is 0 Å². The standard InChI is InChI=1S/C13H15ClINO3/c1-3-16(7-8(2)13(18)19)12(17)9-4-5-11(15)10(14)6-9/h4-6,8H,3,7H2,1-2H3,(H,18,19). The Morgan fingerprint density at radius 1 is 1.47 bits per heavy atom. The summed E-state index contributed by atoms with van der Waals surface area (Å²) in [6, 6.07) is 5.08. The van der Waals surface area contributed by atoms with Crippen molar-refractivity contribution < 1.29 is 14.7 Å². The molecule has 1 aromatic carbocycles. The van der Waals surface area contributed by atoms with Gasteiger partial charge in [0.05, 0.1) is 10.9 Å². The van der Waals surface area contributed by atoms with Crippen LogP contribution in [0.4, 0.5) is 0 Å². The Labute approximate surface area is 130 Å². The smallest absolute Gasteiger partial charge is 0.308 e. The number of rotatable bonds is 5. The first-order valence-electron chi connectivity index (χ1n) is 5.84. The number of hydrogen-bond donors (Lipinski definition) is 1. The number of carbonyl (C=O) groups is 2. The topological polar surface area (TPSA) is 57.6 Å². The minimum atomic E-state index is -0.910. The number of halogens is 2. The zero-order valence-corrected chi connectivity index (χ0v) is 13.6. The van der Waals surface area contributed by atoms with Crippen LogP contribution < -0.4 is 0 Å². The molecule has 0 aliphatic carbocycles. The molecule has 0 radical (unpaired) electrons. The number of benzene rings is 1. The van der Waals surface area contributed by atoms with Gasteiger partial charge in [-0.2, -0.15) is 0 Å². The summed E-state index contributed by atoms with van der Waals surface area (Å²) in [7, 11) is 0. The lowest BCUT2D eigenvalue weighted by molar-refractivity contribution is -0.141. The lowest BCUT2D eigenvalue weighted by Gasteiger charge is -2.23. The van der Waals surface area contributed by atoms with Crippen molar-refractivity contribution in [2.45, 2.75) is 13.8 Å². The first-order chi connectivity index (χ1) is 8.86. The number of carbonyl (C=O) groups excluding carboxylic acids is 1. The second-order valence-electron chi connectivity index (χ2n) is 4.21. The molecule has 0 spiro atoms. The monoisotopic (exact) mass is 395 g/mol. The van der Waals surface area contributed by atoms with Crippen molar-refractivity contribution in [1.29, 1.82) is 0 Å². The van der Waals surface area contributed by atoms with E-state index in [-0.39, 0.29) is 12.5 Å². The van der Waals surface area contributed by atoms with Gasteiger partial charge in [-0.05, 0) is 47.7 Å². The predicted molar refractivity (Wildman–Crippen MR) is 82.5 cm³/mol. The van der Waals surface area contributed by atoms with Gasteiger partial charge in [-0.25, -0.2) is 0 Å². The normalized spacial score (nSPS) is 12.0. The summed E-state index contributed by atoms with van der Waals surface area (Å²) in [6.07, 6.45) is 0. The van der Waals surface area contributed by atoms with Crippen LogP contribution in [0.2, 0.25) is 5.02 Å². The van der Waals surface area contributed by atoms with Crippen molar-refractivity contribution in [3.63, 3.8) is 0 Å². The van der Waals surface area contributed by atoms with E-state index in [0.717, 1.165) is 3.57 Å². The fourth-order valence-corrected chi connectivity index (χ4v) is 2.09. The lowest BCUT2D eigenvalue weighted by atomic mass is 10.1. The Balaban J connectivity index is 2.89. The van der Waals surface area contributed by atoms with Gasteiger partial charge in [0.25, 0.3) is 5.91 Å². The number of nitrogens with zero attached hydrogens (tertiary/aromatic N) is 1. The van der Waals surface area contributed by atoms with Crippen molar-refractivity contribution in [2.75, 3.05) is 13.1 Å². The van der Waals surface area contributed by atoms with E-state index in [9.17, 15) is 9.59 Å². The average molecular weight is 396 g/mol. The number of amides is 1. The average Bonchev–Trinajstić information content (AvgIpc) is 2.37. The van der Waals surface area contributed by atoms with E-state index in [1.807, 2.05) is 6.92 Å². The minimum absolute atomic E-state index is 0.189. The molecule has 1 atom stereocenters. The highest BCUT2D eigenvalue weighted by molar-refractivity contribution is 14.1. The third-order valence-electron chi connectivity index (χ3n) is 2.75. The molecule has 0 aliphatic rings. The second-order valence-corrected chi connectivity index (χ2v) is 5.78. The van der Waals surface area contributed by atoms with Crippen LogP contribution in [0.25, 0.3) is 0 Å². The van der Waals surface area contributed by atoms with E-state index in [2.05, 4.69) is 22.6 Å². The summed E-state index contributed by atoms with van der Waals surface area (Å²) in [6.45, 7) is 4.05. The molecule has 0 aliphatic heterocycles. The van der Waals surface area contributed by atoms with Gasteiger partial charge in [0.2, 0.25) is 0 Å². The van der Waals surface area contributed by atoms with Crippen LogP contribution in [0.3, 0.4) is 0 Å². The summed E-state index contributed by atoms with van der Waals surface area (Å²) >= 11 is 8.07. The van der Waals surface area contributed by atoms with E-state index >= 15 is 0 Å². The van der Waals surface area contributed by atoms with Crippen molar-refractivity contribution in [3.05, 3.63) is 32.4 Å². The largest absolute Gasteiger partial charge is 0.481 e. The van der Waals surface area contributed by atoms with Crippen molar-refractivity contribution in [3.8, 4) is 0 Å². The Morgan fingerprint density at radius 3 is 2.58 bits per heavy atom. The molecule has 0 heterocycles. The van der Waals surface area contributed by atoms with Crippen LogP contribution in [0.5, 0.6) is 0 Å². The van der Waals surface area contributed by atoms with Crippen molar-refractivity contribution in [2.24, 2.45) is 5.92 Å². The Morgan fingerprint density at radius 2 is 2.11 bits per heavy atom. The lowest BCUT2D eigenvalue weighted by Crippen LogP contribution is -2.36. The predicted octanol–water partition coefficient (Wildman–Crippen LogP) is 3.13. The van der Waals surface area contributed by atoms with Gasteiger partial charge < -0.3 is 10.0 Å².